The van der Waals surface area contributed by atoms with Crippen molar-refractivity contribution in [2.24, 2.45) is 0 Å². The molecule has 1 aliphatic heterocycles. The van der Waals surface area contributed by atoms with Gasteiger partial charge in [0.1, 0.15) is 5.75 Å². The molecule has 2 aromatic carbocycles. The molecule has 2 aromatic rings. The van der Waals surface area contributed by atoms with Crippen molar-refractivity contribution in [3.05, 3.63) is 52.5 Å². The van der Waals surface area contributed by atoms with E-state index in [2.05, 4.69) is 26.6 Å². The molecule has 26 heavy (non-hydrogen) atoms. The molecule has 2 N–H and O–H groups in total. The van der Waals surface area contributed by atoms with E-state index in [-0.39, 0.29) is 18.4 Å². The Balaban J connectivity index is 1.75. The molecule has 1 atom stereocenters. The van der Waals surface area contributed by atoms with Crippen LogP contribution in [0.1, 0.15) is 5.56 Å². The topological polar surface area (TPSA) is 70.7 Å². The molecule has 0 saturated carbocycles. The standard InChI is InChI=1S/C19H20BrN3O3/c1-12-9-13(7-8-14(12)20)22-18(24)11-23-10-17(19(25)21-2)26-16-6-4-3-5-15(16)23/h3-9,17H,10-11H2,1-2H3,(H,21,25)(H,22,24)/t17-/m0/s1. The minimum Gasteiger partial charge on any atom is -0.477 e. The lowest BCUT2D eigenvalue weighted by Crippen LogP contribution is -2.50. The van der Waals surface area contributed by atoms with E-state index in [1.54, 1.807) is 13.1 Å². The SMILES string of the molecule is CNC(=O)[C@@H]1CN(CC(=O)Nc2ccc(Br)c(C)c2)c2ccccc2O1. The van der Waals surface area contributed by atoms with Gasteiger partial charge in [0.15, 0.2) is 6.10 Å². The van der Waals surface area contributed by atoms with Crippen LogP contribution >= 0.6 is 15.9 Å². The third-order valence-corrected chi connectivity index (χ3v) is 5.07. The normalized spacial score (nSPS) is 15.7. The van der Waals surface area contributed by atoms with E-state index in [9.17, 15) is 9.59 Å². The molecule has 3 rings (SSSR count). The highest BCUT2D eigenvalue weighted by Gasteiger charge is 2.30. The molecule has 6 nitrogen and oxygen atoms in total. The number of benzene rings is 2. The molecule has 0 spiro atoms. The number of rotatable bonds is 4. The Morgan fingerprint density at radius 1 is 1.27 bits per heavy atom. The maximum absolute atomic E-state index is 12.5. The van der Waals surface area contributed by atoms with Gasteiger partial charge in [-0.25, -0.2) is 0 Å². The molecule has 0 radical (unpaired) electrons. The second-order valence-corrected chi connectivity index (χ2v) is 6.94. The van der Waals surface area contributed by atoms with Crippen molar-refractivity contribution in [3.63, 3.8) is 0 Å². The van der Waals surface area contributed by atoms with Crippen molar-refractivity contribution in [2.45, 2.75) is 13.0 Å². The lowest BCUT2D eigenvalue weighted by atomic mass is 10.1. The van der Waals surface area contributed by atoms with Crippen molar-refractivity contribution < 1.29 is 14.3 Å². The molecule has 1 heterocycles. The van der Waals surface area contributed by atoms with Crippen LogP contribution in [0.2, 0.25) is 0 Å². The Labute approximate surface area is 160 Å². The lowest BCUT2D eigenvalue weighted by Gasteiger charge is -2.35. The van der Waals surface area contributed by atoms with Crippen LogP contribution < -0.4 is 20.3 Å². The minimum absolute atomic E-state index is 0.128. The number of nitrogens with one attached hydrogen (secondary N) is 2. The van der Waals surface area contributed by atoms with Crippen molar-refractivity contribution >= 4 is 39.1 Å². The number of nitrogens with zero attached hydrogens (tertiary/aromatic N) is 1. The van der Waals surface area contributed by atoms with Crippen molar-refractivity contribution in [2.75, 3.05) is 30.4 Å². The molecule has 0 fully saturated rings. The minimum atomic E-state index is -0.655. The summed E-state index contributed by atoms with van der Waals surface area (Å²) in [5, 5.41) is 5.50. The molecule has 0 unspecified atom stereocenters. The van der Waals surface area contributed by atoms with Crippen LogP contribution in [0.3, 0.4) is 0 Å². The van der Waals surface area contributed by atoms with Crippen LogP contribution in [0.4, 0.5) is 11.4 Å². The Morgan fingerprint density at radius 2 is 2.04 bits per heavy atom. The fraction of sp³-hybridized carbons (Fsp3) is 0.263. The number of hydrogen-bond donors (Lipinski definition) is 2. The smallest absolute Gasteiger partial charge is 0.262 e. The maximum Gasteiger partial charge on any atom is 0.262 e. The number of halogens is 1. The van der Waals surface area contributed by atoms with Gasteiger partial charge >= 0.3 is 0 Å². The number of carbonyl (C=O) groups excluding carboxylic acids is 2. The van der Waals surface area contributed by atoms with Gasteiger partial charge in [0.2, 0.25) is 5.91 Å². The van der Waals surface area contributed by atoms with Crippen LogP contribution in [0.25, 0.3) is 0 Å². The summed E-state index contributed by atoms with van der Waals surface area (Å²) in [6, 6.07) is 13.0. The van der Waals surface area contributed by atoms with Gasteiger partial charge in [0.25, 0.3) is 5.91 Å². The highest BCUT2D eigenvalue weighted by atomic mass is 79.9. The lowest BCUT2D eigenvalue weighted by molar-refractivity contribution is -0.127. The quantitative estimate of drug-likeness (QED) is 0.801. The number of likely N-dealkylation sites (N-methyl/N-ethyl adjacent to an activating group) is 1. The fourth-order valence-corrected chi connectivity index (χ4v) is 3.10. The van der Waals surface area contributed by atoms with E-state index < -0.39 is 6.10 Å². The third-order valence-electron chi connectivity index (χ3n) is 4.18. The van der Waals surface area contributed by atoms with Gasteiger partial charge in [-0.05, 0) is 42.8 Å². The van der Waals surface area contributed by atoms with Crippen LogP contribution in [0.5, 0.6) is 5.75 Å². The molecule has 0 saturated heterocycles. The summed E-state index contributed by atoms with van der Waals surface area (Å²) in [5.41, 5.74) is 2.58. The number of para-hydroxylation sites is 2. The van der Waals surface area contributed by atoms with Crippen LogP contribution in [-0.4, -0.2) is 38.1 Å². The van der Waals surface area contributed by atoms with Gasteiger partial charge in [0.05, 0.1) is 18.8 Å². The summed E-state index contributed by atoms with van der Waals surface area (Å²) in [4.78, 5) is 26.4. The Morgan fingerprint density at radius 3 is 2.77 bits per heavy atom. The number of amides is 2. The Kier molecular flexibility index (Phi) is 5.46. The zero-order valence-electron chi connectivity index (χ0n) is 14.6. The molecule has 0 aliphatic carbocycles. The molecule has 136 valence electrons. The first-order chi connectivity index (χ1) is 12.5. The highest BCUT2D eigenvalue weighted by Crippen LogP contribution is 2.33. The summed E-state index contributed by atoms with van der Waals surface area (Å²) < 4.78 is 6.74. The van der Waals surface area contributed by atoms with Crippen LogP contribution in [0.15, 0.2) is 46.9 Å². The summed E-state index contributed by atoms with van der Waals surface area (Å²) in [7, 11) is 1.57. The molecular weight excluding hydrogens is 398 g/mol. The van der Waals surface area contributed by atoms with Gasteiger partial charge in [-0.2, -0.15) is 0 Å². The zero-order valence-corrected chi connectivity index (χ0v) is 16.2. The molecular formula is C19H20BrN3O3. The fourth-order valence-electron chi connectivity index (χ4n) is 2.85. The molecule has 0 bridgehead atoms. The predicted octanol–water partition coefficient (Wildman–Crippen LogP) is 2.71. The average molecular weight is 418 g/mol. The summed E-state index contributed by atoms with van der Waals surface area (Å²) in [6.45, 7) is 2.40. The monoisotopic (exact) mass is 417 g/mol. The summed E-state index contributed by atoms with van der Waals surface area (Å²) in [6.07, 6.45) is -0.655. The zero-order chi connectivity index (χ0) is 18.7. The van der Waals surface area contributed by atoms with Gasteiger partial charge < -0.3 is 20.3 Å². The highest BCUT2D eigenvalue weighted by molar-refractivity contribution is 9.10. The molecule has 1 aliphatic rings. The van der Waals surface area contributed by atoms with Crippen LogP contribution in [0, 0.1) is 6.92 Å². The summed E-state index contributed by atoms with van der Waals surface area (Å²) in [5.74, 6) is 0.229. The van der Waals surface area contributed by atoms with E-state index in [0.717, 1.165) is 21.4 Å². The second kappa shape index (κ2) is 7.78. The average Bonchev–Trinajstić information content (AvgIpc) is 2.64. The largest absolute Gasteiger partial charge is 0.477 e. The molecule has 0 aromatic heterocycles. The van der Waals surface area contributed by atoms with E-state index in [0.29, 0.717) is 12.3 Å². The van der Waals surface area contributed by atoms with Crippen LogP contribution in [-0.2, 0) is 9.59 Å². The predicted molar refractivity (Wildman–Crippen MR) is 105 cm³/mol. The number of fused-ring (bicyclic) bond motifs is 1. The number of hydrogen-bond acceptors (Lipinski definition) is 4. The van der Waals surface area contributed by atoms with E-state index in [4.69, 9.17) is 4.74 Å². The Hall–Kier alpha value is -2.54. The summed E-state index contributed by atoms with van der Waals surface area (Å²) >= 11 is 3.45. The van der Waals surface area contributed by atoms with E-state index in [1.165, 1.54) is 0 Å². The van der Waals surface area contributed by atoms with Crippen molar-refractivity contribution in [3.8, 4) is 5.75 Å². The number of carbonyl (C=O) groups is 2. The van der Waals surface area contributed by atoms with Gasteiger partial charge in [-0.15, -0.1) is 0 Å². The molecule has 7 heteroatoms. The number of ether oxygens (including phenoxy) is 1. The van der Waals surface area contributed by atoms with E-state index in [1.807, 2.05) is 48.2 Å². The molecule has 2 amide bonds. The Bertz CT molecular complexity index is 841. The second-order valence-electron chi connectivity index (χ2n) is 6.08. The third kappa shape index (κ3) is 3.99. The number of aryl methyl sites for hydroxylation is 1. The van der Waals surface area contributed by atoms with Crippen molar-refractivity contribution in [1.29, 1.82) is 0 Å². The first-order valence-corrected chi connectivity index (χ1v) is 9.05. The number of anilines is 2. The maximum atomic E-state index is 12.5. The van der Waals surface area contributed by atoms with Gasteiger partial charge in [-0.3, -0.25) is 9.59 Å². The first kappa shape index (κ1) is 18.3. The van der Waals surface area contributed by atoms with Gasteiger partial charge in [0, 0.05) is 17.2 Å². The first-order valence-electron chi connectivity index (χ1n) is 8.26. The van der Waals surface area contributed by atoms with Gasteiger partial charge in [-0.1, -0.05) is 28.1 Å². The van der Waals surface area contributed by atoms with E-state index >= 15 is 0 Å². The van der Waals surface area contributed by atoms with Crippen molar-refractivity contribution in [1.82, 2.24) is 5.32 Å².